The van der Waals surface area contributed by atoms with Gasteiger partial charge in [0.25, 0.3) is 0 Å². The fourth-order valence-corrected chi connectivity index (χ4v) is 3.02. The lowest BCUT2D eigenvalue weighted by molar-refractivity contribution is 0.0261. The zero-order valence-electron chi connectivity index (χ0n) is 12.1. The molecule has 1 aromatic carbocycles. The van der Waals surface area contributed by atoms with Gasteiger partial charge >= 0.3 is 0 Å². The third-order valence-corrected chi connectivity index (χ3v) is 4.03. The van der Waals surface area contributed by atoms with Gasteiger partial charge < -0.3 is 15.2 Å². The summed E-state index contributed by atoms with van der Waals surface area (Å²) in [5.74, 6) is 0.508. The lowest BCUT2D eigenvalue weighted by Gasteiger charge is -2.13. The van der Waals surface area contributed by atoms with E-state index in [1.54, 1.807) is 11.3 Å². The largest absolute Gasteiger partial charge is 0.389 e. The molecule has 0 amide bonds. The van der Waals surface area contributed by atoms with Crippen molar-refractivity contribution in [1.29, 1.82) is 0 Å². The summed E-state index contributed by atoms with van der Waals surface area (Å²) in [6.45, 7) is 6.66. The number of rotatable bonds is 8. The van der Waals surface area contributed by atoms with Gasteiger partial charge in [0.2, 0.25) is 0 Å². The zero-order valence-corrected chi connectivity index (χ0v) is 13.0. The molecule has 1 heterocycles. The number of ether oxygens (including phenoxy) is 1. The molecular weight excluding hydrogens is 270 g/mol. The molecule has 0 radical (unpaired) electrons. The minimum atomic E-state index is -0.442. The highest BCUT2D eigenvalue weighted by Gasteiger charge is 2.06. The first-order valence-electron chi connectivity index (χ1n) is 7.09. The SMILES string of the molecule is CC(C)COCC(O)CNCc1cc2ccccc2s1. The van der Waals surface area contributed by atoms with Crippen LogP contribution in [0.1, 0.15) is 18.7 Å². The Labute approximate surface area is 124 Å². The summed E-state index contributed by atoms with van der Waals surface area (Å²) in [6, 6.07) is 10.6. The van der Waals surface area contributed by atoms with Gasteiger partial charge in [-0.25, -0.2) is 0 Å². The lowest BCUT2D eigenvalue weighted by atomic mass is 10.2. The summed E-state index contributed by atoms with van der Waals surface area (Å²) in [7, 11) is 0. The monoisotopic (exact) mass is 293 g/mol. The van der Waals surface area contributed by atoms with Crippen molar-refractivity contribution >= 4 is 21.4 Å². The van der Waals surface area contributed by atoms with E-state index in [2.05, 4.69) is 49.5 Å². The van der Waals surface area contributed by atoms with Crippen LogP contribution in [0.2, 0.25) is 0 Å². The minimum Gasteiger partial charge on any atom is -0.389 e. The van der Waals surface area contributed by atoms with Crippen molar-refractivity contribution in [2.45, 2.75) is 26.5 Å². The Bertz CT molecular complexity index is 491. The number of aliphatic hydroxyl groups is 1. The second-order valence-corrected chi connectivity index (χ2v) is 6.63. The lowest BCUT2D eigenvalue weighted by Crippen LogP contribution is -2.30. The van der Waals surface area contributed by atoms with E-state index in [1.165, 1.54) is 15.0 Å². The normalized spacial score (nSPS) is 13.2. The molecule has 0 aliphatic carbocycles. The van der Waals surface area contributed by atoms with Gasteiger partial charge in [-0.05, 0) is 23.4 Å². The summed E-state index contributed by atoms with van der Waals surface area (Å²) in [5, 5.41) is 14.4. The number of benzene rings is 1. The van der Waals surface area contributed by atoms with E-state index in [0.29, 0.717) is 25.7 Å². The second kappa shape index (κ2) is 7.74. The molecular formula is C16H23NO2S. The number of nitrogens with one attached hydrogen (secondary N) is 1. The van der Waals surface area contributed by atoms with Crippen molar-refractivity contribution in [3.8, 4) is 0 Å². The van der Waals surface area contributed by atoms with Crippen molar-refractivity contribution in [1.82, 2.24) is 5.32 Å². The molecule has 0 fully saturated rings. The van der Waals surface area contributed by atoms with Gasteiger partial charge in [-0.15, -0.1) is 11.3 Å². The number of aliphatic hydroxyl groups excluding tert-OH is 1. The molecule has 2 aromatic rings. The van der Waals surface area contributed by atoms with E-state index in [0.717, 1.165) is 6.54 Å². The summed E-state index contributed by atoms with van der Waals surface area (Å²) < 4.78 is 6.73. The van der Waals surface area contributed by atoms with Crippen LogP contribution in [-0.2, 0) is 11.3 Å². The summed E-state index contributed by atoms with van der Waals surface area (Å²) >= 11 is 1.80. The molecule has 4 heteroatoms. The molecule has 0 spiro atoms. The Morgan fingerprint density at radius 3 is 2.80 bits per heavy atom. The molecule has 0 saturated heterocycles. The molecule has 1 aromatic heterocycles. The Balaban J connectivity index is 1.70. The molecule has 2 N–H and O–H groups in total. The number of hydrogen-bond donors (Lipinski definition) is 2. The van der Waals surface area contributed by atoms with Gasteiger partial charge in [0.05, 0.1) is 12.7 Å². The predicted octanol–water partition coefficient (Wildman–Crippen LogP) is 3.02. The van der Waals surface area contributed by atoms with E-state index < -0.39 is 6.10 Å². The molecule has 0 bridgehead atoms. The van der Waals surface area contributed by atoms with Gasteiger partial charge in [-0.1, -0.05) is 32.0 Å². The topological polar surface area (TPSA) is 41.5 Å². The first-order valence-corrected chi connectivity index (χ1v) is 7.91. The van der Waals surface area contributed by atoms with Crippen molar-refractivity contribution < 1.29 is 9.84 Å². The molecule has 0 saturated carbocycles. The van der Waals surface area contributed by atoms with Crippen LogP contribution in [0.25, 0.3) is 10.1 Å². The van der Waals surface area contributed by atoms with E-state index >= 15 is 0 Å². The molecule has 3 nitrogen and oxygen atoms in total. The van der Waals surface area contributed by atoms with Crippen LogP contribution >= 0.6 is 11.3 Å². The number of thiophene rings is 1. The van der Waals surface area contributed by atoms with E-state index in [9.17, 15) is 5.11 Å². The highest BCUT2D eigenvalue weighted by molar-refractivity contribution is 7.19. The number of hydrogen-bond acceptors (Lipinski definition) is 4. The number of fused-ring (bicyclic) bond motifs is 1. The van der Waals surface area contributed by atoms with Crippen LogP contribution in [0, 0.1) is 5.92 Å². The fraction of sp³-hybridized carbons (Fsp3) is 0.500. The van der Waals surface area contributed by atoms with Crippen LogP contribution < -0.4 is 5.32 Å². The Morgan fingerprint density at radius 2 is 2.05 bits per heavy atom. The first-order chi connectivity index (χ1) is 9.65. The van der Waals surface area contributed by atoms with Gasteiger partial charge in [0.15, 0.2) is 0 Å². The second-order valence-electron chi connectivity index (χ2n) is 5.47. The highest BCUT2D eigenvalue weighted by Crippen LogP contribution is 2.24. The summed E-state index contributed by atoms with van der Waals surface area (Å²) in [6.07, 6.45) is -0.442. The van der Waals surface area contributed by atoms with E-state index in [4.69, 9.17) is 4.74 Å². The van der Waals surface area contributed by atoms with Crippen LogP contribution in [-0.4, -0.2) is 31.0 Å². The summed E-state index contributed by atoms with van der Waals surface area (Å²) in [5.41, 5.74) is 0. The van der Waals surface area contributed by atoms with Crippen LogP contribution in [0.4, 0.5) is 0 Å². The summed E-state index contributed by atoms with van der Waals surface area (Å²) in [4.78, 5) is 1.29. The van der Waals surface area contributed by atoms with Gasteiger partial charge in [-0.2, -0.15) is 0 Å². The molecule has 20 heavy (non-hydrogen) atoms. The van der Waals surface area contributed by atoms with E-state index in [1.807, 2.05) is 0 Å². The molecule has 0 aliphatic heterocycles. The molecule has 1 unspecified atom stereocenters. The first kappa shape index (κ1) is 15.4. The maximum Gasteiger partial charge on any atom is 0.0897 e. The molecule has 2 rings (SSSR count). The Morgan fingerprint density at radius 1 is 1.25 bits per heavy atom. The molecule has 0 aliphatic rings. The third-order valence-electron chi connectivity index (χ3n) is 2.92. The van der Waals surface area contributed by atoms with Crippen molar-refractivity contribution in [2.24, 2.45) is 5.92 Å². The molecule has 110 valence electrons. The fourth-order valence-electron chi connectivity index (χ4n) is 1.98. The van der Waals surface area contributed by atoms with Crippen molar-refractivity contribution in [3.05, 3.63) is 35.2 Å². The standard InChI is InChI=1S/C16H23NO2S/c1-12(2)10-19-11-14(18)8-17-9-15-7-13-5-3-4-6-16(13)20-15/h3-7,12,14,17-18H,8-11H2,1-2H3. The average molecular weight is 293 g/mol. The highest BCUT2D eigenvalue weighted by atomic mass is 32.1. The van der Waals surface area contributed by atoms with Crippen molar-refractivity contribution in [2.75, 3.05) is 19.8 Å². The quantitative estimate of drug-likeness (QED) is 0.786. The van der Waals surface area contributed by atoms with Gasteiger partial charge in [0, 0.05) is 29.3 Å². The maximum atomic E-state index is 9.80. The minimum absolute atomic E-state index is 0.400. The van der Waals surface area contributed by atoms with Crippen LogP contribution in [0.15, 0.2) is 30.3 Å². The Hall–Kier alpha value is -0.940. The predicted molar refractivity (Wildman–Crippen MR) is 85.2 cm³/mol. The third kappa shape index (κ3) is 4.87. The van der Waals surface area contributed by atoms with Gasteiger partial charge in [-0.3, -0.25) is 0 Å². The smallest absolute Gasteiger partial charge is 0.0897 e. The maximum absolute atomic E-state index is 9.80. The van der Waals surface area contributed by atoms with Crippen molar-refractivity contribution in [3.63, 3.8) is 0 Å². The Kier molecular flexibility index (Phi) is 5.98. The molecule has 1 atom stereocenters. The average Bonchev–Trinajstić information content (AvgIpc) is 2.80. The van der Waals surface area contributed by atoms with Crippen LogP contribution in [0.5, 0.6) is 0 Å². The van der Waals surface area contributed by atoms with Crippen LogP contribution in [0.3, 0.4) is 0 Å². The van der Waals surface area contributed by atoms with Gasteiger partial charge in [0.1, 0.15) is 0 Å². The van der Waals surface area contributed by atoms with E-state index in [-0.39, 0.29) is 0 Å². The zero-order chi connectivity index (χ0) is 14.4.